The van der Waals surface area contributed by atoms with E-state index in [9.17, 15) is 14.9 Å². The summed E-state index contributed by atoms with van der Waals surface area (Å²) in [6.45, 7) is 11.2. The lowest BCUT2D eigenvalue weighted by Crippen LogP contribution is -2.29. The van der Waals surface area contributed by atoms with Crippen LogP contribution in [0.4, 0.5) is 0 Å². The molecule has 0 radical (unpaired) electrons. The lowest BCUT2D eigenvalue weighted by Gasteiger charge is -2.12. The van der Waals surface area contributed by atoms with Crippen LogP contribution >= 0.6 is 0 Å². The number of nitrogens with zero attached hydrogens (tertiary/aromatic N) is 2. The van der Waals surface area contributed by atoms with Crippen molar-refractivity contribution in [2.45, 2.75) is 47.6 Å². The van der Waals surface area contributed by atoms with Crippen molar-refractivity contribution in [3.63, 3.8) is 0 Å². The molecule has 0 atom stereocenters. The molecule has 0 aliphatic rings. The van der Waals surface area contributed by atoms with E-state index in [1.54, 1.807) is 0 Å². The second-order valence-electron chi connectivity index (χ2n) is 6.43. The van der Waals surface area contributed by atoms with E-state index < -0.39 is 5.97 Å². The molecule has 6 heteroatoms. The van der Waals surface area contributed by atoms with Gasteiger partial charge in [-0.3, -0.25) is 4.79 Å². The summed E-state index contributed by atoms with van der Waals surface area (Å²) in [6, 6.07) is 3.80. The minimum absolute atomic E-state index is 0.118. The molecular weight excluding hydrogens is 318 g/mol. The molecule has 1 heterocycles. The number of esters is 1. The normalized spacial score (nSPS) is 11.3. The van der Waals surface area contributed by atoms with E-state index in [0.717, 1.165) is 29.9 Å². The largest absolute Gasteiger partial charge is 0.451 e. The van der Waals surface area contributed by atoms with Crippen LogP contribution in [-0.2, 0) is 20.9 Å². The molecule has 0 saturated carbocycles. The zero-order valence-corrected chi connectivity index (χ0v) is 15.7. The van der Waals surface area contributed by atoms with Gasteiger partial charge in [-0.05, 0) is 43.9 Å². The van der Waals surface area contributed by atoms with Gasteiger partial charge < -0.3 is 14.6 Å². The fourth-order valence-electron chi connectivity index (χ4n) is 2.44. The lowest BCUT2D eigenvalue weighted by atomic mass is 10.1. The molecule has 0 fully saturated rings. The standard InChI is InChI=1S/C19H27N3O3/c1-6-7-21-18(23)12-25-19(24)17(10-20)9-16-8-14(4)22(15(16)5)11-13(2)3/h8-9,13H,6-7,11-12H2,1-5H3,(H,21,23). The van der Waals surface area contributed by atoms with Gasteiger partial charge in [0.05, 0.1) is 0 Å². The summed E-state index contributed by atoms with van der Waals surface area (Å²) < 4.78 is 7.08. The van der Waals surface area contributed by atoms with Crippen LogP contribution in [0.25, 0.3) is 6.08 Å². The molecular formula is C19H27N3O3. The van der Waals surface area contributed by atoms with Gasteiger partial charge in [0, 0.05) is 24.5 Å². The Bertz CT molecular complexity index is 694. The van der Waals surface area contributed by atoms with Gasteiger partial charge >= 0.3 is 5.97 Å². The summed E-state index contributed by atoms with van der Waals surface area (Å²) in [5.41, 5.74) is 2.75. The molecule has 25 heavy (non-hydrogen) atoms. The molecule has 0 bridgehead atoms. The summed E-state index contributed by atoms with van der Waals surface area (Å²) in [5, 5.41) is 11.9. The fourth-order valence-corrected chi connectivity index (χ4v) is 2.44. The van der Waals surface area contributed by atoms with E-state index in [1.165, 1.54) is 6.08 Å². The topological polar surface area (TPSA) is 84.1 Å². The maximum absolute atomic E-state index is 12.0. The molecule has 6 nitrogen and oxygen atoms in total. The average molecular weight is 345 g/mol. The van der Waals surface area contributed by atoms with Gasteiger partial charge in [-0.1, -0.05) is 20.8 Å². The highest BCUT2D eigenvalue weighted by atomic mass is 16.5. The maximum atomic E-state index is 12.0. The summed E-state index contributed by atoms with van der Waals surface area (Å²) >= 11 is 0. The first-order valence-electron chi connectivity index (χ1n) is 8.52. The molecule has 136 valence electrons. The SMILES string of the molecule is CCCNC(=O)COC(=O)C(C#N)=Cc1cc(C)n(CC(C)C)c1C. The number of hydrogen-bond acceptors (Lipinski definition) is 4. The highest BCUT2D eigenvalue weighted by Crippen LogP contribution is 2.20. The van der Waals surface area contributed by atoms with Gasteiger partial charge in [0.15, 0.2) is 6.61 Å². The Morgan fingerprint density at radius 3 is 2.64 bits per heavy atom. The zero-order chi connectivity index (χ0) is 19.0. The van der Waals surface area contributed by atoms with Crippen molar-refractivity contribution in [3.05, 3.63) is 28.6 Å². The number of carbonyl (C=O) groups excluding carboxylic acids is 2. The molecule has 1 aromatic heterocycles. The third kappa shape index (κ3) is 6.11. The molecule has 0 aliphatic carbocycles. The van der Waals surface area contributed by atoms with Crippen LogP contribution in [0.5, 0.6) is 0 Å². The second kappa shape index (κ2) is 9.67. The highest BCUT2D eigenvalue weighted by molar-refractivity contribution is 5.99. The molecule has 0 spiro atoms. The fraction of sp³-hybridized carbons (Fsp3) is 0.526. The molecule has 0 saturated heterocycles. The van der Waals surface area contributed by atoms with Crippen LogP contribution in [0.15, 0.2) is 11.6 Å². The number of nitrogens with one attached hydrogen (secondary N) is 1. The van der Waals surface area contributed by atoms with Gasteiger partial charge in [0.1, 0.15) is 11.6 Å². The van der Waals surface area contributed by atoms with E-state index in [1.807, 2.05) is 32.9 Å². The molecule has 1 amide bonds. The first kappa shape index (κ1) is 20.5. The summed E-state index contributed by atoms with van der Waals surface area (Å²) in [4.78, 5) is 23.5. The Hall–Kier alpha value is -2.55. The van der Waals surface area contributed by atoms with Gasteiger partial charge in [-0.2, -0.15) is 5.26 Å². The first-order chi connectivity index (χ1) is 11.8. The molecule has 0 unspecified atom stereocenters. The van der Waals surface area contributed by atoms with Gasteiger partial charge in [-0.25, -0.2) is 4.79 Å². The third-order valence-electron chi connectivity index (χ3n) is 3.71. The van der Waals surface area contributed by atoms with E-state index in [-0.39, 0.29) is 18.1 Å². The van der Waals surface area contributed by atoms with Crippen molar-refractivity contribution in [1.29, 1.82) is 5.26 Å². The number of ether oxygens (including phenoxy) is 1. The smallest absolute Gasteiger partial charge is 0.349 e. The Morgan fingerprint density at radius 1 is 1.40 bits per heavy atom. The Balaban J connectivity index is 2.87. The number of aryl methyl sites for hydroxylation is 1. The van der Waals surface area contributed by atoms with Gasteiger partial charge in [0.25, 0.3) is 5.91 Å². The highest BCUT2D eigenvalue weighted by Gasteiger charge is 2.15. The Kier molecular flexibility index (Phi) is 7.93. The van der Waals surface area contributed by atoms with Crippen LogP contribution in [0.2, 0.25) is 0 Å². The number of nitriles is 1. The average Bonchev–Trinajstić information content (AvgIpc) is 2.82. The summed E-state index contributed by atoms with van der Waals surface area (Å²) in [5.74, 6) is -0.672. The maximum Gasteiger partial charge on any atom is 0.349 e. The molecule has 0 aromatic carbocycles. The number of hydrogen-bond donors (Lipinski definition) is 1. The van der Waals surface area contributed by atoms with Crippen molar-refractivity contribution in [1.82, 2.24) is 9.88 Å². The minimum Gasteiger partial charge on any atom is -0.451 e. The van der Waals surface area contributed by atoms with E-state index in [0.29, 0.717) is 12.5 Å². The summed E-state index contributed by atoms with van der Waals surface area (Å²) in [6.07, 6.45) is 2.32. The van der Waals surface area contributed by atoms with Crippen LogP contribution in [-0.4, -0.2) is 29.6 Å². The van der Waals surface area contributed by atoms with Gasteiger partial charge in [-0.15, -0.1) is 0 Å². The van der Waals surface area contributed by atoms with Crippen molar-refractivity contribution in [2.24, 2.45) is 5.92 Å². The Morgan fingerprint density at radius 2 is 2.08 bits per heavy atom. The van der Waals surface area contributed by atoms with Crippen LogP contribution < -0.4 is 5.32 Å². The van der Waals surface area contributed by atoms with E-state index >= 15 is 0 Å². The first-order valence-corrected chi connectivity index (χ1v) is 8.52. The Labute approximate surface area is 149 Å². The number of amides is 1. The number of rotatable bonds is 8. The zero-order valence-electron chi connectivity index (χ0n) is 15.7. The lowest BCUT2D eigenvalue weighted by molar-refractivity contribution is -0.144. The molecule has 0 aliphatic heterocycles. The number of carbonyl (C=O) groups is 2. The van der Waals surface area contributed by atoms with Crippen molar-refractivity contribution < 1.29 is 14.3 Å². The quantitative estimate of drug-likeness (QED) is 0.446. The molecule has 1 aromatic rings. The predicted molar refractivity (Wildman–Crippen MR) is 96.6 cm³/mol. The number of aromatic nitrogens is 1. The predicted octanol–water partition coefficient (Wildman–Crippen LogP) is 2.74. The minimum atomic E-state index is -0.789. The van der Waals surface area contributed by atoms with Crippen molar-refractivity contribution >= 4 is 18.0 Å². The molecule has 1 rings (SSSR count). The van der Waals surface area contributed by atoms with E-state index in [4.69, 9.17) is 4.74 Å². The van der Waals surface area contributed by atoms with Crippen LogP contribution in [0.3, 0.4) is 0 Å². The van der Waals surface area contributed by atoms with Gasteiger partial charge in [0.2, 0.25) is 0 Å². The summed E-state index contributed by atoms with van der Waals surface area (Å²) in [7, 11) is 0. The monoisotopic (exact) mass is 345 g/mol. The third-order valence-corrected chi connectivity index (χ3v) is 3.71. The van der Waals surface area contributed by atoms with Crippen molar-refractivity contribution in [3.8, 4) is 6.07 Å². The second-order valence-corrected chi connectivity index (χ2v) is 6.43. The van der Waals surface area contributed by atoms with Crippen LogP contribution in [0, 0.1) is 31.1 Å². The van der Waals surface area contributed by atoms with Crippen LogP contribution in [0.1, 0.15) is 44.1 Å². The van der Waals surface area contributed by atoms with Crippen molar-refractivity contribution in [2.75, 3.05) is 13.2 Å². The van der Waals surface area contributed by atoms with E-state index in [2.05, 4.69) is 23.7 Å². The molecule has 1 N–H and O–H groups in total.